The Kier molecular flexibility index (Phi) is 4.50. The topological polar surface area (TPSA) is 54.4 Å². The van der Waals surface area contributed by atoms with Gasteiger partial charge in [0, 0.05) is 11.3 Å². The summed E-state index contributed by atoms with van der Waals surface area (Å²) in [5.74, 6) is 0. The molecule has 0 aliphatic carbocycles. The molecule has 0 radical (unpaired) electrons. The summed E-state index contributed by atoms with van der Waals surface area (Å²) in [6.07, 6.45) is 2.46. The fourth-order valence-corrected chi connectivity index (χ4v) is 2.79. The number of hydrogen-bond acceptors (Lipinski definition) is 5. The van der Waals surface area contributed by atoms with Crippen LogP contribution < -0.4 is 5.32 Å². The zero-order chi connectivity index (χ0) is 12.1. The summed E-state index contributed by atoms with van der Waals surface area (Å²) in [5, 5.41) is 13.4. The number of nitrogens with one attached hydrogen (secondary N) is 1. The number of hydrogen-bond donors (Lipinski definition) is 2. The summed E-state index contributed by atoms with van der Waals surface area (Å²) in [6, 6.07) is 0. The molecule has 0 unspecified atom stereocenters. The molecule has 1 saturated heterocycles. The van der Waals surface area contributed by atoms with Crippen molar-refractivity contribution in [1.82, 2.24) is 10.3 Å². The van der Waals surface area contributed by atoms with Gasteiger partial charge in [0.05, 0.1) is 30.0 Å². The molecule has 4 nitrogen and oxygen atoms in total. The normalized spacial score (nSPS) is 19.4. The fraction of sp³-hybridized carbons (Fsp3) is 0.750. The second kappa shape index (κ2) is 5.91. The first kappa shape index (κ1) is 13.0. The Balaban J connectivity index is 1.67. The van der Waals surface area contributed by atoms with E-state index in [1.165, 1.54) is 4.88 Å². The Morgan fingerprint density at radius 1 is 1.53 bits per heavy atom. The van der Waals surface area contributed by atoms with Crippen LogP contribution in [0.1, 0.15) is 23.4 Å². The van der Waals surface area contributed by atoms with Crippen molar-refractivity contribution in [2.75, 3.05) is 26.3 Å². The Morgan fingerprint density at radius 3 is 2.94 bits per heavy atom. The van der Waals surface area contributed by atoms with Gasteiger partial charge in [0.15, 0.2) is 0 Å². The molecule has 2 N–H and O–H groups in total. The molecule has 1 fully saturated rings. The van der Waals surface area contributed by atoms with Gasteiger partial charge in [0.1, 0.15) is 0 Å². The van der Waals surface area contributed by atoms with Crippen molar-refractivity contribution in [3.63, 3.8) is 0 Å². The number of ether oxygens (including phenoxy) is 1. The standard InChI is InChI=1S/C12H20N2O2S/c1-10-11(17-9-14-10)2-7-16-8-12(15)3-5-13-6-4-12/h9,13,15H,2-8H2,1H3. The Morgan fingerprint density at radius 2 is 2.29 bits per heavy atom. The largest absolute Gasteiger partial charge is 0.387 e. The van der Waals surface area contributed by atoms with E-state index in [0.29, 0.717) is 13.2 Å². The van der Waals surface area contributed by atoms with Gasteiger partial charge in [-0.15, -0.1) is 11.3 Å². The molecule has 0 bridgehead atoms. The molecule has 1 aromatic heterocycles. The minimum Gasteiger partial charge on any atom is -0.387 e. The lowest BCUT2D eigenvalue weighted by Gasteiger charge is -2.32. The van der Waals surface area contributed by atoms with E-state index in [-0.39, 0.29) is 0 Å². The SMILES string of the molecule is Cc1ncsc1CCOCC1(O)CCNCC1. The highest BCUT2D eigenvalue weighted by molar-refractivity contribution is 7.09. The van der Waals surface area contributed by atoms with Crippen molar-refractivity contribution in [3.8, 4) is 0 Å². The molecule has 2 rings (SSSR count). The molecule has 0 atom stereocenters. The van der Waals surface area contributed by atoms with Crippen molar-refractivity contribution >= 4 is 11.3 Å². The van der Waals surface area contributed by atoms with Crippen LogP contribution in [0.25, 0.3) is 0 Å². The van der Waals surface area contributed by atoms with E-state index < -0.39 is 5.60 Å². The predicted octanol–water partition coefficient (Wildman–Crippen LogP) is 1.13. The van der Waals surface area contributed by atoms with Gasteiger partial charge in [-0.25, -0.2) is 4.98 Å². The third-order valence-corrected chi connectivity index (χ3v) is 4.22. The van der Waals surface area contributed by atoms with Crippen LogP contribution in [0.5, 0.6) is 0 Å². The van der Waals surface area contributed by atoms with Gasteiger partial charge >= 0.3 is 0 Å². The summed E-state index contributed by atoms with van der Waals surface area (Å²) in [7, 11) is 0. The van der Waals surface area contributed by atoms with E-state index in [0.717, 1.165) is 38.0 Å². The van der Waals surface area contributed by atoms with Crippen LogP contribution >= 0.6 is 11.3 Å². The smallest absolute Gasteiger partial charge is 0.0904 e. The number of aromatic nitrogens is 1. The maximum absolute atomic E-state index is 10.2. The van der Waals surface area contributed by atoms with Gasteiger partial charge in [-0.05, 0) is 32.9 Å². The lowest BCUT2D eigenvalue weighted by molar-refractivity contribution is -0.0634. The van der Waals surface area contributed by atoms with Crippen LogP contribution in [0.2, 0.25) is 0 Å². The molecule has 1 aliphatic rings. The molecule has 0 amide bonds. The predicted molar refractivity (Wildman–Crippen MR) is 68.4 cm³/mol. The summed E-state index contributed by atoms with van der Waals surface area (Å²) >= 11 is 1.67. The number of aryl methyl sites for hydroxylation is 1. The van der Waals surface area contributed by atoms with Crippen molar-refractivity contribution in [2.45, 2.75) is 31.8 Å². The Bertz CT molecular complexity index is 348. The Labute approximate surface area is 106 Å². The van der Waals surface area contributed by atoms with E-state index in [4.69, 9.17) is 4.74 Å². The van der Waals surface area contributed by atoms with Gasteiger partial charge in [0.2, 0.25) is 0 Å². The maximum atomic E-state index is 10.2. The van der Waals surface area contributed by atoms with E-state index in [1.807, 2.05) is 12.4 Å². The van der Waals surface area contributed by atoms with Crippen molar-refractivity contribution in [3.05, 3.63) is 16.1 Å². The molecule has 0 aromatic carbocycles. The second-order valence-corrected chi connectivity index (χ2v) is 5.58. The van der Waals surface area contributed by atoms with Crippen molar-refractivity contribution < 1.29 is 9.84 Å². The lowest BCUT2D eigenvalue weighted by atomic mass is 9.94. The van der Waals surface area contributed by atoms with E-state index in [1.54, 1.807) is 11.3 Å². The third kappa shape index (κ3) is 3.74. The van der Waals surface area contributed by atoms with Gasteiger partial charge in [-0.3, -0.25) is 0 Å². The molecule has 5 heteroatoms. The van der Waals surface area contributed by atoms with Crippen molar-refractivity contribution in [2.24, 2.45) is 0 Å². The summed E-state index contributed by atoms with van der Waals surface area (Å²) in [6.45, 7) is 4.90. The first-order valence-corrected chi connectivity index (χ1v) is 6.97. The zero-order valence-corrected chi connectivity index (χ0v) is 11.1. The van der Waals surface area contributed by atoms with E-state index in [2.05, 4.69) is 10.3 Å². The molecule has 96 valence electrons. The fourth-order valence-electron chi connectivity index (χ4n) is 2.03. The number of thiazole rings is 1. The Hall–Kier alpha value is -0.490. The first-order chi connectivity index (χ1) is 8.20. The highest BCUT2D eigenvalue weighted by atomic mass is 32.1. The van der Waals surface area contributed by atoms with Crippen LogP contribution in [0, 0.1) is 6.92 Å². The molecular formula is C12H20N2O2S. The number of piperidine rings is 1. The average Bonchev–Trinajstić information content (AvgIpc) is 2.72. The molecule has 1 aromatic rings. The summed E-state index contributed by atoms with van der Waals surface area (Å²) in [4.78, 5) is 5.48. The number of aliphatic hydroxyl groups is 1. The van der Waals surface area contributed by atoms with Gasteiger partial charge in [-0.1, -0.05) is 0 Å². The minimum absolute atomic E-state index is 0.451. The zero-order valence-electron chi connectivity index (χ0n) is 10.2. The maximum Gasteiger partial charge on any atom is 0.0904 e. The lowest BCUT2D eigenvalue weighted by Crippen LogP contribution is -2.45. The van der Waals surface area contributed by atoms with Crippen LogP contribution in [0.3, 0.4) is 0 Å². The molecule has 0 saturated carbocycles. The van der Waals surface area contributed by atoms with E-state index >= 15 is 0 Å². The summed E-state index contributed by atoms with van der Waals surface area (Å²) in [5.41, 5.74) is 2.35. The van der Waals surface area contributed by atoms with Gasteiger partial charge in [-0.2, -0.15) is 0 Å². The quantitative estimate of drug-likeness (QED) is 0.775. The van der Waals surface area contributed by atoms with Gasteiger partial charge < -0.3 is 15.2 Å². The monoisotopic (exact) mass is 256 g/mol. The van der Waals surface area contributed by atoms with Crippen LogP contribution in [0.4, 0.5) is 0 Å². The minimum atomic E-state index is -0.617. The van der Waals surface area contributed by atoms with Crippen LogP contribution in [0.15, 0.2) is 5.51 Å². The van der Waals surface area contributed by atoms with Gasteiger partial charge in [0.25, 0.3) is 0 Å². The highest BCUT2D eigenvalue weighted by Crippen LogP contribution is 2.18. The van der Waals surface area contributed by atoms with Crippen molar-refractivity contribution in [1.29, 1.82) is 0 Å². The third-order valence-electron chi connectivity index (χ3n) is 3.22. The molecule has 17 heavy (non-hydrogen) atoms. The number of rotatable bonds is 5. The van der Waals surface area contributed by atoms with Crippen LogP contribution in [-0.2, 0) is 11.2 Å². The molecular weight excluding hydrogens is 236 g/mol. The molecule has 2 heterocycles. The highest BCUT2D eigenvalue weighted by Gasteiger charge is 2.29. The first-order valence-electron chi connectivity index (χ1n) is 6.09. The molecule has 1 aliphatic heterocycles. The average molecular weight is 256 g/mol. The second-order valence-electron chi connectivity index (χ2n) is 4.64. The van der Waals surface area contributed by atoms with Crippen LogP contribution in [-0.4, -0.2) is 42.0 Å². The number of nitrogens with zero attached hydrogens (tertiary/aromatic N) is 1. The molecule has 0 spiro atoms. The summed E-state index contributed by atoms with van der Waals surface area (Å²) < 4.78 is 5.61. The van der Waals surface area contributed by atoms with E-state index in [9.17, 15) is 5.11 Å².